The molecule has 0 aromatic carbocycles. The lowest BCUT2D eigenvalue weighted by Crippen LogP contribution is -2.46. The Hall–Kier alpha value is -0.450. The zero-order valence-electron chi connectivity index (χ0n) is 11.4. The van der Waals surface area contributed by atoms with Crippen molar-refractivity contribution in [2.24, 2.45) is 0 Å². The highest BCUT2D eigenvalue weighted by Gasteiger charge is 2.28. The third-order valence-corrected chi connectivity index (χ3v) is 4.84. The molecule has 1 aromatic heterocycles. The summed E-state index contributed by atoms with van der Waals surface area (Å²) in [6, 6.07) is 0.329. The molecule has 2 unspecified atom stereocenters. The van der Waals surface area contributed by atoms with Gasteiger partial charge in [-0.15, -0.1) is 11.3 Å². The number of thiazole rings is 1. The van der Waals surface area contributed by atoms with Gasteiger partial charge in [0, 0.05) is 18.0 Å². The van der Waals surface area contributed by atoms with Gasteiger partial charge < -0.3 is 5.11 Å². The van der Waals surface area contributed by atoms with Crippen molar-refractivity contribution in [2.45, 2.75) is 64.6 Å². The van der Waals surface area contributed by atoms with Crippen molar-refractivity contribution in [1.29, 1.82) is 0 Å². The van der Waals surface area contributed by atoms with Gasteiger partial charge in [-0.25, -0.2) is 4.98 Å². The maximum atomic E-state index is 10.1. The number of aromatic nitrogens is 1. The van der Waals surface area contributed by atoms with E-state index in [2.05, 4.69) is 29.1 Å². The third kappa shape index (κ3) is 3.31. The van der Waals surface area contributed by atoms with Gasteiger partial charge in [-0.05, 0) is 32.2 Å². The van der Waals surface area contributed by atoms with Gasteiger partial charge in [-0.1, -0.05) is 20.3 Å². The molecule has 1 N–H and O–H groups in total. The molecule has 0 spiro atoms. The number of piperidine rings is 1. The monoisotopic (exact) mass is 268 g/mol. The topological polar surface area (TPSA) is 36.4 Å². The lowest BCUT2D eigenvalue weighted by molar-refractivity contribution is 0.0190. The normalized spacial score (nSPS) is 23.2. The molecule has 1 aliphatic rings. The van der Waals surface area contributed by atoms with Crippen LogP contribution in [0.5, 0.6) is 0 Å². The van der Waals surface area contributed by atoms with Gasteiger partial charge in [0.15, 0.2) is 0 Å². The zero-order valence-corrected chi connectivity index (χ0v) is 12.2. The van der Waals surface area contributed by atoms with Crippen LogP contribution in [0.25, 0.3) is 0 Å². The van der Waals surface area contributed by atoms with Crippen LogP contribution in [0.1, 0.15) is 50.2 Å². The van der Waals surface area contributed by atoms with Gasteiger partial charge in [0.1, 0.15) is 0 Å². The van der Waals surface area contributed by atoms with Crippen LogP contribution in [0.15, 0.2) is 5.38 Å². The quantitative estimate of drug-likeness (QED) is 0.892. The Balaban J connectivity index is 2.00. The van der Waals surface area contributed by atoms with Crippen LogP contribution < -0.4 is 0 Å². The minimum Gasteiger partial charge on any atom is -0.392 e. The first-order valence-corrected chi connectivity index (χ1v) is 7.98. The van der Waals surface area contributed by atoms with Crippen LogP contribution in [-0.2, 0) is 13.0 Å². The van der Waals surface area contributed by atoms with Crippen molar-refractivity contribution in [3.63, 3.8) is 0 Å². The summed E-state index contributed by atoms with van der Waals surface area (Å²) < 4.78 is 0. The molecule has 0 radical (unpaired) electrons. The smallest absolute Gasteiger partial charge is 0.0926 e. The minimum atomic E-state index is -0.186. The Bertz CT molecular complexity index is 366. The Morgan fingerprint density at radius 1 is 1.50 bits per heavy atom. The van der Waals surface area contributed by atoms with Crippen LogP contribution in [0.2, 0.25) is 0 Å². The first-order chi connectivity index (χ1) is 8.74. The highest BCUT2D eigenvalue weighted by atomic mass is 32.1. The molecule has 1 saturated heterocycles. The van der Waals surface area contributed by atoms with Gasteiger partial charge in [0.2, 0.25) is 0 Å². The van der Waals surface area contributed by atoms with Crippen molar-refractivity contribution < 1.29 is 5.11 Å². The number of nitrogens with zero attached hydrogens (tertiary/aromatic N) is 2. The summed E-state index contributed by atoms with van der Waals surface area (Å²) >= 11 is 1.75. The Morgan fingerprint density at radius 3 is 3.00 bits per heavy atom. The first kappa shape index (κ1) is 14.0. The maximum absolute atomic E-state index is 10.1. The molecule has 0 amide bonds. The molecule has 102 valence electrons. The SMILES string of the molecule is CCc1nc(CN2CCCCC2C(O)CC)cs1. The largest absolute Gasteiger partial charge is 0.392 e. The summed E-state index contributed by atoms with van der Waals surface area (Å²) in [4.78, 5) is 7.06. The van der Waals surface area contributed by atoms with Crippen LogP contribution >= 0.6 is 11.3 Å². The maximum Gasteiger partial charge on any atom is 0.0926 e. The third-order valence-electron chi connectivity index (χ3n) is 3.79. The molecule has 2 atom stereocenters. The molecule has 2 heterocycles. The van der Waals surface area contributed by atoms with Gasteiger partial charge in [-0.2, -0.15) is 0 Å². The average Bonchev–Trinajstić information content (AvgIpc) is 2.86. The lowest BCUT2D eigenvalue weighted by Gasteiger charge is -2.37. The van der Waals surface area contributed by atoms with E-state index in [0.29, 0.717) is 6.04 Å². The van der Waals surface area contributed by atoms with Crippen molar-refractivity contribution >= 4 is 11.3 Å². The molecular formula is C14H24N2OS. The number of aliphatic hydroxyl groups excluding tert-OH is 1. The molecule has 1 aliphatic heterocycles. The molecule has 1 aromatic rings. The molecule has 0 bridgehead atoms. The second-order valence-electron chi connectivity index (χ2n) is 5.10. The van der Waals surface area contributed by atoms with E-state index in [-0.39, 0.29) is 6.10 Å². The molecule has 1 fully saturated rings. The summed E-state index contributed by atoms with van der Waals surface area (Å²) in [5.41, 5.74) is 1.17. The molecule has 18 heavy (non-hydrogen) atoms. The lowest BCUT2D eigenvalue weighted by atomic mass is 9.96. The molecule has 2 rings (SSSR count). The molecular weight excluding hydrogens is 244 g/mol. The average molecular weight is 268 g/mol. The molecule has 3 nitrogen and oxygen atoms in total. The molecule has 4 heteroatoms. The van der Waals surface area contributed by atoms with Crippen molar-refractivity contribution in [3.05, 3.63) is 16.1 Å². The van der Waals surface area contributed by atoms with Gasteiger partial charge in [0.25, 0.3) is 0 Å². The van der Waals surface area contributed by atoms with E-state index in [1.54, 1.807) is 11.3 Å². The van der Waals surface area contributed by atoms with E-state index in [9.17, 15) is 5.11 Å². The van der Waals surface area contributed by atoms with Gasteiger partial charge >= 0.3 is 0 Å². The van der Waals surface area contributed by atoms with E-state index in [0.717, 1.165) is 32.4 Å². The summed E-state index contributed by atoms with van der Waals surface area (Å²) in [6.45, 7) is 6.21. The number of likely N-dealkylation sites (tertiary alicyclic amines) is 1. The summed E-state index contributed by atoms with van der Waals surface area (Å²) in [5, 5.41) is 13.5. The minimum absolute atomic E-state index is 0.186. The fourth-order valence-electron chi connectivity index (χ4n) is 2.71. The highest BCUT2D eigenvalue weighted by Crippen LogP contribution is 2.23. The number of rotatable bonds is 5. The van der Waals surface area contributed by atoms with Gasteiger partial charge in [-0.3, -0.25) is 4.90 Å². The fraction of sp³-hybridized carbons (Fsp3) is 0.786. The Labute approximate surface area is 114 Å². The standard InChI is InChI=1S/C14H24N2OS/c1-3-13(17)12-7-5-6-8-16(12)9-11-10-18-14(4-2)15-11/h10,12-13,17H,3-9H2,1-2H3. The second-order valence-corrected chi connectivity index (χ2v) is 6.04. The molecule has 0 saturated carbocycles. The zero-order chi connectivity index (χ0) is 13.0. The van der Waals surface area contributed by atoms with Gasteiger partial charge in [0.05, 0.1) is 16.8 Å². The highest BCUT2D eigenvalue weighted by molar-refractivity contribution is 7.09. The van der Waals surface area contributed by atoms with E-state index in [1.165, 1.54) is 23.5 Å². The van der Waals surface area contributed by atoms with E-state index in [4.69, 9.17) is 0 Å². The fourth-order valence-corrected chi connectivity index (χ4v) is 3.45. The van der Waals surface area contributed by atoms with Crippen molar-refractivity contribution in [2.75, 3.05) is 6.54 Å². The van der Waals surface area contributed by atoms with E-state index >= 15 is 0 Å². The van der Waals surface area contributed by atoms with Crippen LogP contribution in [0.3, 0.4) is 0 Å². The predicted octanol–water partition coefficient (Wildman–Crippen LogP) is 2.83. The predicted molar refractivity (Wildman–Crippen MR) is 75.8 cm³/mol. The number of hydrogen-bond donors (Lipinski definition) is 1. The number of aliphatic hydroxyl groups is 1. The van der Waals surface area contributed by atoms with Crippen molar-refractivity contribution in [3.8, 4) is 0 Å². The Morgan fingerprint density at radius 2 is 2.33 bits per heavy atom. The van der Waals surface area contributed by atoms with Crippen LogP contribution in [-0.4, -0.2) is 33.7 Å². The molecule has 0 aliphatic carbocycles. The summed E-state index contributed by atoms with van der Waals surface area (Å²) in [5.74, 6) is 0. The van der Waals surface area contributed by atoms with Crippen molar-refractivity contribution in [1.82, 2.24) is 9.88 Å². The summed E-state index contributed by atoms with van der Waals surface area (Å²) in [7, 11) is 0. The first-order valence-electron chi connectivity index (χ1n) is 7.10. The van der Waals surface area contributed by atoms with Crippen LogP contribution in [0.4, 0.5) is 0 Å². The number of aryl methyl sites for hydroxylation is 1. The van der Waals surface area contributed by atoms with Crippen LogP contribution in [0, 0.1) is 0 Å². The summed E-state index contributed by atoms with van der Waals surface area (Å²) in [6.07, 6.45) is 5.30. The second kappa shape index (κ2) is 6.64. The van der Waals surface area contributed by atoms with E-state index in [1.807, 2.05) is 0 Å². The van der Waals surface area contributed by atoms with E-state index < -0.39 is 0 Å². The number of hydrogen-bond acceptors (Lipinski definition) is 4. The Kier molecular flexibility index (Phi) is 5.15.